The average Bonchev–Trinajstić information content (AvgIpc) is 2.44. The number of para-hydroxylation sites is 1. The van der Waals surface area contributed by atoms with Crippen molar-refractivity contribution in [3.8, 4) is 5.75 Å². The second-order valence-electron chi connectivity index (χ2n) is 5.21. The van der Waals surface area contributed by atoms with Crippen LogP contribution in [0.15, 0.2) is 42.5 Å². The van der Waals surface area contributed by atoms with Crippen LogP contribution in [0.3, 0.4) is 0 Å². The zero-order chi connectivity index (χ0) is 15.5. The van der Waals surface area contributed by atoms with E-state index >= 15 is 0 Å². The second kappa shape index (κ2) is 6.22. The summed E-state index contributed by atoms with van der Waals surface area (Å²) in [6, 6.07) is 10.6. The van der Waals surface area contributed by atoms with Gasteiger partial charge in [0.15, 0.2) is 0 Å². The minimum Gasteiger partial charge on any atom is -0.493 e. The molecule has 0 saturated heterocycles. The molecule has 1 unspecified atom stereocenters. The Bertz CT molecular complexity index is 606. The van der Waals surface area contributed by atoms with Gasteiger partial charge in [0, 0.05) is 11.6 Å². The molecule has 4 heteroatoms. The van der Waals surface area contributed by atoms with Crippen molar-refractivity contribution in [3.63, 3.8) is 0 Å². The van der Waals surface area contributed by atoms with Crippen molar-refractivity contribution in [2.75, 3.05) is 6.61 Å². The molecule has 0 bridgehead atoms. The van der Waals surface area contributed by atoms with Crippen LogP contribution in [0.4, 0.5) is 8.78 Å². The minimum absolute atomic E-state index is 0.368. The summed E-state index contributed by atoms with van der Waals surface area (Å²) in [5.41, 5.74) is 6.37. The molecule has 0 aromatic heterocycles. The smallest absolute Gasteiger partial charge is 0.126 e. The lowest BCUT2D eigenvalue weighted by atomic mass is 9.85. The summed E-state index contributed by atoms with van der Waals surface area (Å²) in [5.74, 6) is -0.656. The maximum absolute atomic E-state index is 13.5. The molecule has 0 heterocycles. The lowest BCUT2D eigenvalue weighted by Gasteiger charge is -2.28. The molecular weight excluding hydrogens is 272 g/mol. The highest BCUT2D eigenvalue weighted by atomic mass is 19.1. The zero-order valence-corrected chi connectivity index (χ0v) is 12.2. The van der Waals surface area contributed by atoms with Crippen LogP contribution in [0.25, 0.3) is 0 Å². The monoisotopic (exact) mass is 291 g/mol. The topological polar surface area (TPSA) is 35.2 Å². The van der Waals surface area contributed by atoms with E-state index < -0.39 is 17.2 Å². The number of benzene rings is 2. The van der Waals surface area contributed by atoms with Gasteiger partial charge in [0.25, 0.3) is 0 Å². The maximum atomic E-state index is 13.5. The summed E-state index contributed by atoms with van der Waals surface area (Å²) in [4.78, 5) is 0. The van der Waals surface area contributed by atoms with E-state index in [-0.39, 0.29) is 0 Å². The normalized spacial score (nSPS) is 13.8. The average molecular weight is 291 g/mol. The van der Waals surface area contributed by atoms with E-state index in [0.29, 0.717) is 23.5 Å². The van der Waals surface area contributed by atoms with Gasteiger partial charge < -0.3 is 10.5 Å². The Labute approximate surface area is 123 Å². The van der Waals surface area contributed by atoms with Crippen LogP contribution >= 0.6 is 0 Å². The van der Waals surface area contributed by atoms with Crippen LogP contribution < -0.4 is 10.5 Å². The highest BCUT2D eigenvalue weighted by Crippen LogP contribution is 2.34. The molecule has 2 nitrogen and oxygen atoms in total. The number of ether oxygens (including phenoxy) is 1. The highest BCUT2D eigenvalue weighted by molar-refractivity contribution is 5.45. The highest BCUT2D eigenvalue weighted by Gasteiger charge is 2.28. The van der Waals surface area contributed by atoms with Crippen molar-refractivity contribution in [2.24, 2.45) is 5.73 Å². The van der Waals surface area contributed by atoms with Crippen molar-refractivity contribution in [3.05, 3.63) is 65.2 Å². The lowest BCUT2D eigenvalue weighted by molar-refractivity contribution is 0.309. The standard InChI is InChI=1S/C17H19F2NO/c1-3-8-21-16-7-5-4-6-15(16)17(2,20)12-9-13(18)11-14(19)10-12/h4-7,9-11H,3,8,20H2,1-2H3. The fourth-order valence-corrected chi connectivity index (χ4v) is 2.24. The summed E-state index contributed by atoms with van der Waals surface area (Å²) in [5, 5.41) is 0. The van der Waals surface area contributed by atoms with Crippen LogP contribution in [-0.2, 0) is 5.54 Å². The fraction of sp³-hybridized carbons (Fsp3) is 0.294. The van der Waals surface area contributed by atoms with Gasteiger partial charge in [0.1, 0.15) is 17.4 Å². The molecule has 2 N–H and O–H groups in total. The van der Waals surface area contributed by atoms with Gasteiger partial charge in [-0.25, -0.2) is 8.78 Å². The molecule has 0 radical (unpaired) electrons. The molecule has 2 rings (SSSR count). The van der Waals surface area contributed by atoms with E-state index in [4.69, 9.17) is 10.5 Å². The third-order valence-corrected chi connectivity index (χ3v) is 3.37. The predicted molar refractivity (Wildman–Crippen MR) is 79.2 cm³/mol. The van der Waals surface area contributed by atoms with Crippen LogP contribution in [0.1, 0.15) is 31.4 Å². The molecule has 0 spiro atoms. The first kappa shape index (κ1) is 15.4. The molecule has 0 saturated carbocycles. The van der Waals surface area contributed by atoms with E-state index in [0.717, 1.165) is 12.5 Å². The lowest BCUT2D eigenvalue weighted by Crippen LogP contribution is -2.35. The molecule has 0 fully saturated rings. The Morgan fingerprint density at radius 2 is 1.71 bits per heavy atom. The van der Waals surface area contributed by atoms with Gasteiger partial charge >= 0.3 is 0 Å². The summed E-state index contributed by atoms with van der Waals surface area (Å²) in [7, 11) is 0. The van der Waals surface area contributed by atoms with Gasteiger partial charge in [0.2, 0.25) is 0 Å². The van der Waals surface area contributed by atoms with Crippen LogP contribution in [0, 0.1) is 11.6 Å². The number of rotatable bonds is 5. The molecule has 21 heavy (non-hydrogen) atoms. The summed E-state index contributed by atoms with van der Waals surface area (Å²) in [6.45, 7) is 4.28. The van der Waals surface area contributed by atoms with E-state index in [1.54, 1.807) is 6.92 Å². The molecule has 0 aliphatic carbocycles. The fourth-order valence-electron chi connectivity index (χ4n) is 2.24. The predicted octanol–water partition coefficient (Wildman–Crippen LogP) is 3.98. The Kier molecular flexibility index (Phi) is 4.58. The maximum Gasteiger partial charge on any atom is 0.126 e. The van der Waals surface area contributed by atoms with Gasteiger partial charge in [-0.2, -0.15) is 0 Å². The Hall–Kier alpha value is -1.94. The van der Waals surface area contributed by atoms with Crippen LogP contribution in [0.5, 0.6) is 5.75 Å². The van der Waals surface area contributed by atoms with Gasteiger partial charge in [-0.1, -0.05) is 25.1 Å². The summed E-state index contributed by atoms with van der Waals surface area (Å²) < 4.78 is 32.6. The second-order valence-corrected chi connectivity index (χ2v) is 5.21. The zero-order valence-electron chi connectivity index (χ0n) is 12.2. The van der Waals surface area contributed by atoms with Crippen LogP contribution in [0.2, 0.25) is 0 Å². The number of halogens is 2. The largest absolute Gasteiger partial charge is 0.493 e. The summed E-state index contributed by atoms with van der Waals surface area (Å²) >= 11 is 0. The number of hydrogen-bond donors (Lipinski definition) is 1. The van der Waals surface area contributed by atoms with Crippen molar-refractivity contribution in [1.82, 2.24) is 0 Å². The van der Waals surface area contributed by atoms with Gasteiger partial charge in [0.05, 0.1) is 12.1 Å². The molecule has 0 aliphatic heterocycles. The Balaban J connectivity index is 2.47. The van der Waals surface area contributed by atoms with Crippen molar-refractivity contribution < 1.29 is 13.5 Å². The number of hydrogen-bond acceptors (Lipinski definition) is 2. The van der Waals surface area contributed by atoms with Crippen LogP contribution in [-0.4, -0.2) is 6.61 Å². The molecule has 0 aliphatic rings. The van der Waals surface area contributed by atoms with Crippen molar-refractivity contribution >= 4 is 0 Å². The first-order chi connectivity index (χ1) is 9.95. The van der Waals surface area contributed by atoms with Gasteiger partial charge in [-0.15, -0.1) is 0 Å². The van der Waals surface area contributed by atoms with E-state index in [1.165, 1.54) is 12.1 Å². The molecule has 0 amide bonds. The Morgan fingerprint density at radius 3 is 2.33 bits per heavy atom. The van der Waals surface area contributed by atoms with E-state index in [2.05, 4.69) is 0 Å². The van der Waals surface area contributed by atoms with E-state index in [1.807, 2.05) is 31.2 Å². The van der Waals surface area contributed by atoms with Gasteiger partial charge in [-0.05, 0) is 37.1 Å². The minimum atomic E-state index is -1.05. The van der Waals surface area contributed by atoms with E-state index in [9.17, 15) is 8.78 Å². The van der Waals surface area contributed by atoms with Crippen molar-refractivity contribution in [1.29, 1.82) is 0 Å². The summed E-state index contributed by atoms with van der Waals surface area (Å²) in [6.07, 6.45) is 0.865. The molecule has 112 valence electrons. The molecule has 2 aromatic rings. The molecular formula is C17H19F2NO. The molecule has 1 atom stereocenters. The number of nitrogens with two attached hydrogens (primary N) is 1. The first-order valence-corrected chi connectivity index (χ1v) is 6.93. The Morgan fingerprint density at radius 1 is 1.10 bits per heavy atom. The third kappa shape index (κ3) is 3.39. The first-order valence-electron chi connectivity index (χ1n) is 6.93. The third-order valence-electron chi connectivity index (χ3n) is 3.37. The molecule has 2 aromatic carbocycles. The quantitative estimate of drug-likeness (QED) is 0.904. The SMILES string of the molecule is CCCOc1ccccc1C(C)(N)c1cc(F)cc(F)c1. The van der Waals surface area contributed by atoms with Crippen molar-refractivity contribution in [2.45, 2.75) is 25.8 Å². The van der Waals surface area contributed by atoms with Gasteiger partial charge in [-0.3, -0.25) is 0 Å².